The van der Waals surface area contributed by atoms with E-state index in [9.17, 15) is 4.79 Å². The van der Waals surface area contributed by atoms with Crippen LogP contribution < -0.4 is 5.32 Å². The van der Waals surface area contributed by atoms with Gasteiger partial charge in [0.25, 0.3) is 0 Å². The molecule has 1 amide bonds. The van der Waals surface area contributed by atoms with Crippen LogP contribution in [0.1, 0.15) is 70.7 Å². The highest BCUT2D eigenvalue weighted by atomic mass is 35.5. The average Bonchev–Trinajstić information content (AvgIpc) is 2.81. The standard InChI is InChI=1S/C28H38ClN3O/c1-20(2)31(21(3)4)19-17-28(23-14-8-9-15-24(23)29)25-16-10-11-18-32(25)26(30-27(28)33)22-12-6-5-7-13-22/h5-9,12-15,20-21,25-26H,10-11,16-19H2,1-4H3,(H,30,33). The van der Waals surface area contributed by atoms with E-state index in [0.717, 1.165) is 49.9 Å². The lowest BCUT2D eigenvalue weighted by Crippen LogP contribution is -2.68. The van der Waals surface area contributed by atoms with Gasteiger partial charge in [-0.3, -0.25) is 14.6 Å². The summed E-state index contributed by atoms with van der Waals surface area (Å²) in [6.45, 7) is 10.8. The van der Waals surface area contributed by atoms with Gasteiger partial charge in [0, 0.05) is 36.2 Å². The van der Waals surface area contributed by atoms with Crippen molar-refractivity contribution in [1.82, 2.24) is 15.1 Å². The van der Waals surface area contributed by atoms with E-state index in [4.69, 9.17) is 11.6 Å². The van der Waals surface area contributed by atoms with E-state index in [1.54, 1.807) is 0 Å². The summed E-state index contributed by atoms with van der Waals surface area (Å²) in [7, 11) is 0. The van der Waals surface area contributed by atoms with Gasteiger partial charge in [0.2, 0.25) is 5.91 Å². The summed E-state index contributed by atoms with van der Waals surface area (Å²) in [5.74, 6) is 0.111. The molecule has 0 aliphatic carbocycles. The molecule has 4 nitrogen and oxygen atoms in total. The van der Waals surface area contributed by atoms with Crippen LogP contribution in [0.15, 0.2) is 54.6 Å². The number of halogens is 1. The highest BCUT2D eigenvalue weighted by Gasteiger charge is 2.56. The lowest BCUT2D eigenvalue weighted by molar-refractivity contribution is -0.143. The first-order chi connectivity index (χ1) is 15.9. The fraction of sp³-hybridized carbons (Fsp3) is 0.536. The van der Waals surface area contributed by atoms with E-state index in [2.05, 4.69) is 73.1 Å². The molecule has 33 heavy (non-hydrogen) atoms. The summed E-state index contributed by atoms with van der Waals surface area (Å²) in [6.07, 6.45) is 3.96. The van der Waals surface area contributed by atoms with Crippen molar-refractivity contribution in [2.75, 3.05) is 13.1 Å². The quantitative estimate of drug-likeness (QED) is 0.561. The van der Waals surface area contributed by atoms with Gasteiger partial charge < -0.3 is 5.32 Å². The predicted molar refractivity (Wildman–Crippen MR) is 136 cm³/mol. The lowest BCUT2D eigenvalue weighted by Gasteiger charge is -2.55. The number of carbonyl (C=O) groups excluding carboxylic acids is 1. The largest absolute Gasteiger partial charge is 0.336 e. The molecule has 2 aliphatic rings. The number of piperidine rings is 1. The Hall–Kier alpha value is -1.88. The summed E-state index contributed by atoms with van der Waals surface area (Å²) >= 11 is 6.83. The zero-order valence-electron chi connectivity index (χ0n) is 20.4. The van der Waals surface area contributed by atoms with E-state index in [1.165, 1.54) is 0 Å². The molecule has 0 radical (unpaired) electrons. The number of hydrogen-bond acceptors (Lipinski definition) is 3. The van der Waals surface area contributed by atoms with Crippen LogP contribution in [0.5, 0.6) is 0 Å². The van der Waals surface area contributed by atoms with E-state index < -0.39 is 5.41 Å². The fourth-order valence-electron chi connectivity index (χ4n) is 6.15. The second-order valence-corrected chi connectivity index (χ2v) is 10.6. The highest BCUT2D eigenvalue weighted by molar-refractivity contribution is 6.31. The first kappa shape index (κ1) is 24.3. The molecule has 2 fully saturated rings. The molecule has 0 aromatic heterocycles. The minimum atomic E-state index is -0.675. The van der Waals surface area contributed by atoms with E-state index >= 15 is 0 Å². The first-order valence-electron chi connectivity index (χ1n) is 12.5. The molecule has 4 rings (SSSR count). The maximum atomic E-state index is 14.2. The Labute approximate surface area is 204 Å². The van der Waals surface area contributed by atoms with Crippen molar-refractivity contribution in [2.24, 2.45) is 0 Å². The molecule has 0 saturated carbocycles. The third kappa shape index (κ3) is 4.58. The van der Waals surface area contributed by atoms with Crippen LogP contribution in [0.4, 0.5) is 0 Å². The van der Waals surface area contributed by atoms with Crippen LogP contribution >= 0.6 is 11.6 Å². The van der Waals surface area contributed by atoms with Crippen molar-refractivity contribution in [3.05, 3.63) is 70.7 Å². The molecule has 3 atom stereocenters. The SMILES string of the molecule is CC(C)N(CCC1(c2ccccc2Cl)C(=O)NC(c2ccccc2)N2CCCCC21)C(C)C. The lowest BCUT2D eigenvalue weighted by atomic mass is 9.65. The Morgan fingerprint density at radius 2 is 1.70 bits per heavy atom. The molecular weight excluding hydrogens is 430 g/mol. The molecule has 1 N–H and O–H groups in total. The minimum absolute atomic E-state index is 0.0917. The number of fused-ring (bicyclic) bond motifs is 1. The summed E-state index contributed by atoms with van der Waals surface area (Å²) in [5.41, 5.74) is 1.45. The van der Waals surface area contributed by atoms with E-state index in [0.29, 0.717) is 17.1 Å². The van der Waals surface area contributed by atoms with Crippen molar-refractivity contribution < 1.29 is 4.79 Å². The van der Waals surface area contributed by atoms with Gasteiger partial charge in [-0.1, -0.05) is 66.6 Å². The monoisotopic (exact) mass is 467 g/mol. The molecule has 2 aromatic rings. The fourth-order valence-corrected chi connectivity index (χ4v) is 6.45. The minimum Gasteiger partial charge on any atom is -0.336 e. The van der Waals surface area contributed by atoms with Crippen molar-refractivity contribution in [3.8, 4) is 0 Å². The van der Waals surface area contributed by atoms with Crippen molar-refractivity contribution >= 4 is 17.5 Å². The Balaban J connectivity index is 1.80. The summed E-state index contributed by atoms with van der Waals surface area (Å²) < 4.78 is 0. The van der Waals surface area contributed by atoms with Crippen LogP contribution in [0.25, 0.3) is 0 Å². The maximum Gasteiger partial charge on any atom is 0.233 e. The summed E-state index contributed by atoms with van der Waals surface area (Å²) in [5, 5.41) is 4.13. The Morgan fingerprint density at radius 1 is 1.03 bits per heavy atom. The number of benzene rings is 2. The van der Waals surface area contributed by atoms with Gasteiger partial charge >= 0.3 is 0 Å². The predicted octanol–water partition coefficient (Wildman–Crippen LogP) is 5.77. The summed E-state index contributed by atoms with van der Waals surface area (Å²) in [6, 6.07) is 19.3. The first-order valence-corrected chi connectivity index (χ1v) is 12.9. The normalized spacial score (nSPS) is 26.0. The van der Waals surface area contributed by atoms with Gasteiger partial charge in [-0.25, -0.2) is 0 Å². The number of nitrogens with zero attached hydrogens (tertiary/aromatic N) is 2. The van der Waals surface area contributed by atoms with Gasteiger partial charge in [-0.2, -0.15) is 0 Å². The molecular formula is C28H38ClN3O. The van der Waals surface area contributed by atoms with Gasteiger partial charge in [0.15, 0.2) is 0 Å². The molecule has 3 unspecified atom stereocenters. The average molecular weight is 468 g/mol. The van der Waals surface area contributed by atoms with Gasteiger partial charge in [0.05, 0.1) is 5.41 Å². The number of carbonyl (C=O) groups is 1. The topological polar surface area (TPSA) is 35.6 Å². The molecule has 2 aliphatic heterocycles. The molecule has 178 valence electrons. The number of hydrogen-bond donors (Lipinski definition) is 1. The van der Waals surface area contributed by atoms with Crippen LogP contribution in [0.2, 0.25) is 5.02 Å². The van der Waals surface area contributed by atoms with E-state index in [-0.39, 0.29) is 18.1 Å². The second kappa shape index (κ2) is 10.2. The highest BCUT2D eigenvalue weighted by Crippen LogP contribution is 2.47. The van der Waals surface area contributed by atoms with Crippen molar-refractivity contribution in [3.63, 3.8) is 0 Å². The number of rotatable bonds is 7. The van der Waals surface area contributed by atoms with Crippen LogP contribution in [-0.2, 0) is 10.2 Å². The molecule has 2 heterocycles. The summed E-state index contributed by atoms with van der Waals surface area (Å²) in [4.78, 5) is 19.3. The second-order valence-electron chi connectivity index (χ2n) is 10.2. The zero-order valence-corrected chi connectivity index (χ0v) is 21.2. The van der Waals surface area contributed by atoms with Crippen molar-refractivity contribution in [2.45, 2.75) is 83.1 Å². The number of nitrogens with one attached hydrogen (secondary N) is 1. The Bertz CT molecular complexity index is 939. The van der Waals surface area contributed by atoms with Crippen LogP contribution in [0.3, 0.4) is 0 Å². The van der Waals surface area contributed by atoms with Crippen molar-refractivity contribution in [1.29, 1.82) is 0 Å². The molecule has 0 bridgehead atoms. The van der Waals surface area contributed by atoms with Gasteiger partial charge in [-0.15, -0.1) is 0 Å². The molecule has 5 heteroatoms. The van der Waals surface area contributed by atoms with Crippen LogP contribution in [0, 0.1) is 0 Å². The smallest absolute Gasteiger partial charge is 0.233 e. The van der Waals surface area contributed by atoms with Gasteiger partial charge in [0.1, 0.15) is 6.17 Å². The zero-order chi connectivity index (χ0) is 23.6. The number of amides is 1. The van der Waals surface area contributed by atoms with E-state index in [1.807, 2.05) is 24.3 Å². The Morgan fingerprint density at radius 3 is 2.36 bits per heavy atom. The van der Waals surface area contributed by atoms with Gasteiger partial charge in [-0.05, 0) is 64.2 Å². The maximum absolute atomic E-state index is 14.2. The third-order valence-corrected chi connectivity index (χ3v) is 8.01. The molecule has 2 saturated heterocycles. The molecule has 0 spiro atoms. The van der Waals surface area contributed by atoms with Crippen LogP contribution in [-0.4, -0.2) is 46.9 Å². The third-order valence-electron chi connectivity index (χ3n) is 7.68. The Kier molecular flexibility index (Phi) is 7.47. The molecule has 2 aromatic carbocycles.